The van der Waals surface area contributed by atoms with Gasteiger partial charge in [-0.05, 0) is 33.1 Å². The Balaban J connectivity index is 2.31. The van der Waals surface area contributed by atoms with Gasteiger partial charge < -0.3 is 14.2 Å². The van der Waals surface area contributed by atoms with Gasteiger partial charge in [0.1, 0.15) is 13.2 Å². The molecule has 0 aromatic rings. The van der Waals surface area contributed by atoms with Crippen LogP contribution < -0.4 is 0 Å². The van der Waals surface area contributed by atoms with Crippen molar-refractivity contribution >= 4 is 11.9 Å². The van der Waals surface area contributed by atoms with Crippen LogP contribution in [0.5, 0.6) is 0 Å². The van der Waals surface area contributed by atoms with Gasteiger partial charge in [0.15, 0.2) is 0 Å². The molecule has 0 amide bonds. The van der Waals surface area contributed by atoms with Crippen molar-refractivity contribution in [2.45, 2.75) is 45.3 Å². The molecule has 1 fully saturated rings. The molecule has 0 spiro atoms. The number of rotatable bonds is 6. The van der Waals surface area contributed by atoms with Gasteiger partial charge in [0.05, 0.1) is 12.2 Å². The molecular weight excluding hydrogens is 260 g/mol. The van der Waals surface area contributed by atoms with Crippen molar-refractivity contribution < 1.29 is 23.8 Å². The molecule has 0 aromatic heterocycles. The number of hydrogen-bond donors (Lipinski definition) is 0. The second-order valence-electron chi connectivity index (χ2n) is 5.07. The Labute approximate surface area is 119 Å². The molecule has 112 valence electrons. The zero-order valence-electron chi connectivity index (χ0n) is 12.1. The summed E-state index contributed by atoms with van der Waals surface area (Å²) in [7, 11) is 0. The molecule has 1 aliphatic rings. The summed E-state index contributed by atoms with van der Waals surface area (Å²) in [5.74, 6) is -0.825. The Morgan fingerprint density at radius 1 is 1.00 bits per heavy atom. The van der Waals surface area contributed by atoms with E-state index >= 15 is 0 Å². The Morgan fingerprint density at radius 2 is 1.40 bits per heavy atom. The van der Waals surface area contributed by atoms with Gasteiger partial charge in [-0.2, -0.15) is 0 Å². The molecular formula is C15H22O5. The van der Waals surface area contributed by atoms with Crippen LogP contribution in [0.4, 0.5) is 0 Å². The summed E-state index contributed by atoms with van der Waals surface area (Å²) < 4.78 is 15.9. The molecule has 1 rings (SSSR count). The van der Waals surface area contributed by atoms with Crippen molar-refractivity contribution in [2.24, 2.45) is 0 Å². The molecule has 0 saturated carbocycles. The fraction of sp³-hybridized carbons (Fsp3) is 0.600. The predicted molar refractivity (Wildman–Crippen MR) is 74.1 cm³/mol. The van der Waals surface area contributed by atoms with Crippen molar-refractivity contribution in [3.05, 3.63) is 24.3 Å². The van der Waals surface area contributed by atoms with Crippen molar-refractivity contribution in [2.75, 3.05) is 13.2 Å². The van der Waals surface area contributed by atoms with Gasteiger partial charge in [-0.25, -0.2) is 9.59 Å². The second-order valence-corrected chi connectivity index (χ2v) is 5.07. The van der Waals surface area contributed by atoms with Crippen LogP contribution >= 0.6 is 0 Å². The van der Waals surface area contributed by atoms with E-state index in [0.717, 1.165) is 19.3 Å². The molecule has 0 aliphatic carbocycles. The van der Waals surface area contributed by atoms with Gasteiger partial charge in [-0.3, -0.25) is 0 Å². The first-order valence-electron chi connectivity index (χ1n) is 6.71. The molecule has 0 bridgehead atoms. The molecule has 20 heavy (non-hydrogen) atoms. The molecule has 2 atom stereocenters. The summed E-state index contributed by atoms with van der Waals surface area (Å²) in [6.07, 6.45) is 2.30. The van der Waals surface area contributed by atoms with Crippen LogP contribution in [0.3, 0.4) is 0 Å². The van der Waals surface area contributed by atoms with E-state index in [9.17, 15) is 9.59 Å². The molecule has 1 heterocycles. The van der Waals surface area contributed by atoms with Crippen molar-refractivity contribution in [3.8, 4) is 0 Å². The van der Waals surface area contributed by atoms with Crippen molar-refractivity contribution in [1.29, 1.82) is 0 Å². The standard InChI is InChI=1S/C15H22O5/c1-10(2)14(16)18-8-12-6-5-7-13(20-12)9-19-15(17)11(3)4/h12-13H,1,3,5-9H2,2,4H3. The summed E-state index contributed by atoms with van der Waals surface area (Å²) in [6, 6.07) is 0. The summed E-state index contributed by atoms with van der Waals surface area (Å²) in [4.78, 5) is 22.6. The fourth-order valence-corrected chi connectivity index (χ4v) is 1.81. The molecule has 1 aliphatic heterocycles. The van der Waals surface area contributed by atoms with Gasteiger partial charge in [-0.1, -0.05) is 13.2 Å². The van der Waals surface area contributed by atoms with E-state index in [2.05, 4.69) is 13.2 Å². The zero-order chi connectivity index (χ0) is 15.1. The molecule has 0 aromatic carbocycles. The monoisotopic (exact) mass is 282 g/mol. The highest BCUT2D eigenvalue weighted by Crippen LogP contribution is 2.20. The highest BCUT2D eigenvalue weighted by Gasteiger charge is 2.24. The lowest BCUT2D eigenvalue weighted by atomic mass is 10.0. The summed E-state index contributed by atoms with van der Waals surface area (Å²) in [5, 5.41) is 0. The first-order chi connectivity index (χ1) is 9.40. The lowest BCUT2D eigenvalue weighted by Crippen LogP contribution is -2.35. The van der Waals surface area contributed by atoms with Crippen LogP contribution in [0.25, 0.3) is 0 Å². The maximum Gasteiger partial charge on any atom is 0.333 e. The predicted octanol–water partition coefficient (Wildman–Crippen LogP) is 2.16. The number of ether oxygens (including phenoxy) is 3. The molecule has 1 saturated heterocycles. The largest absolute Gasteiger partial charge is 0.460 e. The van der Waals surface area contributed by atoms with Crippen LogP contribution in [0, 0.1) is 0 Å². The maximum atomic E-state index is 11.3. The van der Waals surface area contributed by atoms with Gasteiger partial charge in [0.2, 0.25) is 0 Å². The number of esters is 2. The summed E-state index contributed by atoms with van der Waals surface area (Å²) in [6.45, 7) is 10.6. The lowest BCUT2D eigenvalue weighted by molar-refractivity contribution is -0.155. The smallest absolute Gasteiger partial charge is 0.333 e. The zero-order valence-corrected chi connectivity index (χ0v) is 12.1. The first-order valence-corrected chi connectivity index (χ1v) is 6.71. The molecule has 0 N–H and O–H groups in total. The molecule has 0 radical (unpaired) electrons. The van der Waals surface area contributed by atoms with E-state index in [1.165, 1.54) is 0 Å². The third kappa shape index (κ3) is 5.57. The minimum Gasteiger partial charge on any atom is -0.460 e. The van der Waals surface area contributed by atoms with E-state index in [0.29, 0.717) is 11.1 Å². The van der Waals surface area contributed by atoms with Crippen LogP contribution in [-0.4, -0.2) is 37.4 Å². The SMILES string of the molecule is C=C(C)C(=O)OCC1CCCC(COC(=O)C(=C)C)O1. The van der Waals surface area contributed by atoms with Crippen LogP contribution in [0.2, 0.25) is 0 Å². The maximum absolute atomic E-state index is 11.3. The highest BCUT2D eigenvalue weighted by atomic mass is 16.6. The summed E-state index contributed by atoms with van der Waals surface area (Å²) in [5.41, 5.74) is 0.737. The van der Waals surface area contributed by atoms with E-state index in [1.807, 2.05) is 0 Å². The summed E-state index contributed by atoms with van der Waals surface area (Å²) >= 11 is 0. The van der Waals surface area contributed by atoms with Gasteiger partial charge in [0.25, 0.3) is 0 Å². The Morgan fingerprint density at radius 3 is 1.75 bits per heavy atom. The van der Waals surface area contributed by atoms with E-state index in [1.54, 1.807) is 13.8 Å². The average molecular weight is 282 g/mol. The topological polar surface area (TPSA) is 61.8 Å². The van der Waals surface area contributed by atoms with Crippen LogP contribution in [-0.2, 0) is 23.8 Å². The van der Waals surface area contributed by atoms with E-state index in [4.69, 9.17) is 14.2 Å². The van der Waals surface area contributed by atoms with Crippen LogP contribution in [0.15, 0.2) is 24.3 Å². The minimum atomic E-state index is -0.413. The molecule has 2 unspecified atom stereocenters. The highest BCUT2D eigenvalue weighted by molar-refractivity contribution is 5.87. The third-order valence-corrected chi connectivity index (χ3v) is 2.93. The first kappa shape index (κ1) is 16.4. The van der Waals surface area contributed by atoms with Crippen molar-refractivity contribution in [3.63, 3.8) is 0 Å². The third-order valence-electron chi connectivity index (χ3n) is 2.93. The Kier molecular flexibility index (Phi) is 6.45. The Hall–Kier alpha value is -1.62. The van der Waals surface area contributed by atoms with Crippen molar-refractivity contribution in [1.82, 2.24) is 0 Å². The number of carbonyl (C=O) groups excluding carboxylic acids is 2. The van der Waals surface area contributed by atoms with E-state index in [-0.39, 0.29) is 25.4 Å². The quantitative estimate of drug-likeness (QED) is 0.552. The minimum absolute atomic E-state index is 0.152. The van der Waals surface area contributed by atoms with Gasteiger partial charge in [0, 0.05) is 11.1 Å². The van der Waals surface area contributed by atoms with Gasteiger partial charge in [-0.15, -0.1) is 0 Å². The molecule has 5 heteroatoms. The number of carbonyl (C=O) groups is 2. The fourth-order valence-electron chi connectivity index (χ4n) is 1.81. The normalized spacial score (nSPS) is 21.9. The number of hydrogen-bond acceptors (Lipinski definition) is 5. The molecule has 5 nitrogen and oxygen atoms in total. The van der Waals surface area contributed by atoms with Crippen LogP contribution in [0.1, 0.15) is 33.1 Å². The van der Waals surface area contributed by atoms with E-state index < -0.39 is 11.9 Å². The average Bonchev–Trinajstić information content (AvgIpc) is 2.42. The lowest BCUT2D eigenvalue weighted by Gasteiger charge is -2.29. The van der Waals surface area contributed by atoms with Gasteiger partial charge >= 0.3 is 11.9 Å². The Bertz CT molecular complexity index is 363. The second kappa shape index (κ2) is 7.85.